The number of nitro benzene ring substituents is 1. The number of nitrogen functional groups attached to an aromatic ring is 1. The molecule has 2 unspecified atom stereocenters. The number of amides is 1. The molecule has 0 aromatic heterocycles. The summed E-state index contributed by atoms with van der Waals surface area (Å²) in [5.41, 5.74) is 5.70. The summed E-state index contributed by atoms with van der Waals surface area (Å²) in [6.07, 6.45) is 2.04. The fourth-order valence-electron chi connectivity index (χ4n) is 2.57. The molecule has 1 aliphatic heterocycles. The van der Waals surface area contributed by atoms with E-state index in [-0.39, 0.29) is 23.4 Å². The van der Waals surface area contributed by atoms with Crippen LogP contribution in [0.1, 0.15) is 30.1 Å². The van der Waals surface area contributed by atoms with E-state index in [1.165, 1.54) is 18.2 Å². The number of hydrogen-bond acceptors (Lipinski definition) is 5. The lowest BCUT2D eigenvalue weighted by Gasteiger charge is -2.17. The second-order valence-corrected chi connectivity index (χ2v) is 5.11. The van der Waals surface area contributed by atoms with Gasteiger partial charge in [0, 0.05) is 30.7 Å². The molecule has 1 aliphatic rings. The summed E-state index contributed by atoms with van der Waals surface area (Å²) in [6, 6.07) is 3.99. The first-order valence-corrected chi connectivity index (χ1v) is 6.96. The number of ether oxygens (including phenoxy) is 1. The normalized spacial score (nSPS) is 21.2. The highest BCUT2D eigenvalue weighted by atomic mass is 16.6. The summed E-state index contributed by atoms with van der Waals surface area (Å²) in [7, 11) is 0. The molecule has 2 rings (SSSR count). The predicted octanol–water partition coefficient (Wildman–Crippen LogP) is 1.72. The van der Waals surface area contributed by atoms with E-state index in [1.807, 2.05) is 0 Å². The molecular weight excluding hydrogens is 274 g/mol. The SMILES string of the molecule is CCC1OCCC1CNC(=O)c1ccc([N+](=O)[O-])c(N)c1. The van der Waals surface area contributed by atoms with Crippen molar-refractivity contribution in [2.24, 2.45) is 5.92 Å². The lowest BCUT2D eigenvalue weighted by Crippen LogP contribution is -2.32. The summed E-state index contributed by atoms with van der Waals surface area (Å²) in [5.74, 6) is 0.0349. The van der Waals surface area contributed by atoms with Crippen molar-refractivity contribution < 1.29 is 14.5 Å². The maximum absolute atomic E-state index is 12.1. The van der Waals surface area contributed by atoms with Crippen LogP contribution in [-0.4, -0.2) is 30.1 Å². The topological polar surface area (TPSA) is 107 Å². The van der Waals surface area contributed by atoms with Crippen LogP contribution in [0.15, 0.2) is 18.2 Å². The van der Waals surface area contributed by atoms with Gasteiger partial charge in [-0.1, -0.05) is 6.92 Å². The van der Waals surface area contributed by atoms with Crippen LogP contribution < -0.4 is 11.1 Å². The molecule has 1 fully saturated rings. The zero-order valence-electron chi connectivity index (χ0n) is 11.9. The van der Waals surface area contributed by atoms with Crippen LogP contribution >= 0.6 is 0 Å². The third kappa shape index (κ3) is 3.49. The van der Waals surface area contributed by atoms with E-state index in [2.05, 4.69) is 12.2 Å². The number of benzene rings is 1. The Hall–Kier alpha value is -2.15. The molecule has 1 saturated heterocycles. The van der Waals surface area contributed by atoms with Crippen LogP contribution in [0.4, 0.5) is 11.4 Å². The number of rotatable bonds is 5. The van der Waals surface area contributed by atoms with Crippen molar-refractivity contribution in [3.63, 3.8) is 0 Å². The molecule has 1 amide bonds. The first kappa shape index (κ1) is 15.2. The van der Waals surface area contributed by atoms with Crippen molar-refractivity contribution in [3.05, 3.63) is 33.9 Å². The van der Waals surface area contributed by atoms with Gasteiger partial charge in [-0.2, -0.15) is 0 Å². The molecule has 1 heterocycles. The van der Waals surface area contributed by atoms with Crippen LogP contribution in [-0.2, 0) is 4.74 Å². The van der Waals surface area contributed by atoms with E-state index >= 15 is 0 Å². The lowest BCUT2D eigenvalue weighted by molar-refractivity contribution is -0.383. The van der Waals surface area contributed by atoms with Crippen LogP contribution in [0.5, 0.6) is 0 Å². The molecule has 114 valence electrons. The highest BCUT2D eigenvalue weighted by molar-refractivity contribution is 5.95. The van der Waals surface area contributed by atoms with Gasteiger partial charge in [0.05, 0.1) is 11.0 Å². The third-order valence-electron chi connectivity index (χ3n) is 3.76. The fraction of sp³-hybridized carbons (Fsp3) is 0.500. The quantitative estimate of drug-likeness (QED) is 0.488. The van der Waals surface area contributed by atoms with Gasteiger partial charge in [0.25, 0.3) is 11.6 Å². The maximum atomic E-state index is 12.1. The van der Waals surface area contributed by atoms with Gasteiger partial charge in [-0.25, -0.2) is 0 Å². The fourth-order valence-corrected chi connectivity index (χ4v) is 2.57. The second kappa shape index (κ2) is 6.53. The van der Waals surface area contributed by atoms with Crippen molar-refractivity contribution in [2.75, 3.05) is 18.9 Å². The van der Waals surface area contributed by atoms with E-state index in [9.17, 15) is 14.9 Å². The van der Waals surface area contributed by atoms with Gasteiger partial charge in [0.15, 0.2) is 0 Å². The molecule has 0 aliphatic carbocycles. The Kier molecular flexibility index (Phi) is 4.74. The van der Waals surface area contributed by atoms with Crippen molar-refractivity contribution in [2.45, 2.75) is 25.9 Å². The van der Waals surface area contributed by atoms with Gasteiger partial charge >= 0.3 is 0 Å². The van der Waals surface area contributed by atoms with Gasteiger partial charge in [-0.15, -0.1) is 0 Å². The first-order chi connectivity index (χ1) is 10.0. The average Bonchev–Trinajstić information content (AvgIpc) is 2.91. The molecular formula is C14H19N3O4. The summed E-state index contributed by atoms with van der Waals surface area (Å²) in [5, 5.41) is 13.5. The molecule has 2 atom stereocenters. The lowest BCUT2D eigenvalue weighted by atomic mass is 9.99. The first-order valence-electron chi connectivity index (χ1n) is 6.96. The van der Waals surface area contributed by atoms with Crippen molar-refractivity contribution in [1.29, 1.82) is 0 Å². The van der Waals surface area contributed by atoms with Crippen LogP contribution in [0.25, 0.3) is 0 Å². The van der Waals surface area contributed by atoms with Crippen molar-refractivity contribution in [1.82, 2.24) is 5.32 Å². The minimum absolute atomic E-state index is 0.0108. The Labute approximate surface area is 122 Å². The molecule has 0 saturated carbocycles. The molecule has 0 bridgehead atoms. The minimum atomic E-state index is -0.571. The van der Waals surface area contributed by atoms with Crippen molar-refractivity contribution >= 4 is 17.3 Å². The number of nitrogens with zero attached hydrogens (tertiary/aromatic N) is 1. The number of carbonyl (C=O) groups is 1. The maximum Gasteiger partial charge on any atom is 0.292 e. The summed E-state index contributed by atoms with van der Waals surface area (Å²) >= 11 is 0. The highest BCUT2D eigenvalue weighted by Gasteiger charge is 2.27. The average molecular weight is 293 g/mol. The molecule has 0 spiro atoms. The van der Waals surface area contributed by atoms with E-state index < -0.39 is 4.92 Å². The van der Waals surface area contributed by atoms with Crippen LogP contribution in [0, 0.1) is 16.0 Å². The molecule has 3 N–H and O–H groups in total. The van der Waals surface area contributed by atoms with Gasteiger partial charge in [0.2, 0.25) is 0 Å². The van der Waals surface area contributed by atoms with E-state index in [1.54, 1.807) is 0 Å². The molecule has 21 heavy (non-hydrogen) atoms. The number of nitrogens with one attached hydrogen (secondary N) is 1. The zero-order chi connectivity index (χ0) is 15.4. The Bertz CT molecular complexity index is 547. The largest absolute Gasteiger partial charge is 0.393 e. The minimum Gasteiger partial charge on any atom is -0.393 e. The van der Waals surface area contributed by atoms with Crippen LogP contribution in [0.3, 0.4) is 0 Å². The summed E-state index contributed by atoms with van der Waals surface area (Å²) in [4.78, 5) is 22.2. The second-order valence-electron chi connectivity index (χ2n) is 5.11. The monoisotopic (exact) mass is 293 g/mol. The number of nitrogens with two attached hydrogens (primary N) is 1. The number of nitro groups is 1. The number of anilines is 1. The van der Waals surface area contributed by atoms with E-state index in [0.29, 0.717) is 18.0 Å². The van der Waals surface area contributed by atoms with E-state index in [4.69, 9.17) is 10.5 Å². The molecule has 1 aromatic rings. The Balaban J connectivity index is 1.97. The Morgan fingerprint density at radius 3 is 2.95 bits per heavy atom. The Morgan fingerprint density at radius 2 is 2.33 bits per heavy atom. The van der Waals surface area contributed by atoms with Gasteiger partial charge in [0.1, 0.15) is 5.69 Å². The van der Waals surface area contributed by atoms with Gasteiger partial charge in [-0.3, -0.25) is 14.9 Å². The highest BCUT2D eigenvalue weighted by Crippen LogP contribution is 2.24. The van der Waals surface area contributed by atoms with Crippen LogP contribution in [0.2, 0.25) is 0 Å². The standard InChI is InChI=1S/C14H19N3O4/c1-2-13-10(5-6-21-13)8-16-14(18)9-3-4-12(17(19)20)11(15)7-9/h3-4,7,10,13H,2,5-6,8,15H2,1H3,(H,16,18). The van der Waals surface area contributed by atoms with Gasteiger partial charge in [-0.05, 0) is 25.0 Å². The van der Waals surface area contributed by atoms with Gasteiger partial charge < -0.3 is 15.8 Å². The molecule has 7 nitrogen and oxygen atoms in total. The molecule has 7 heteroatoms. The molecule has 1 aromatic carbocycles. The summed E-state index contributed by atoms with van der Waals surface area (Å²) in [6.45, 7) is 3.32. The third-order valence-corrected chi connectivity index (χ3v) is 3.76. The Morgan fingerprint density at radius 1 is 1.57 bits per heavy atom. The predicted molar refractivity (Wildman–Crippen MR) is 78.0 cm³/mol. The molecule has 0 radical (unpaired) electrons. The number of hydrogen-bond donors (Lipinski definition) is 2. The number of carbonyl (C=O) groups excluding carboxylic acids is 1. The zero-order valence-corrected chi connectivity index (χ0v) is 11.9. The van der Waals surface area contributed by atoms with E-state index in [0.717, 1.165) is 19.4 Å². The summed E-state index contributed by atoms with van der Waals surface area (Å²) < 4.78 is 5.57. The van der Waals surface area contributed by atoms with Crippen molar-refractivity contribution in [3.8, 4) is 0 Å². The smallest absolute Gasteiger partial charge is 0.292 e.